The van der Waals surface area contributed by atoms with Crippen LogP contribution in [-0.2, 0) is 0 Å². The van der Waals surface area contributed by atoms with Crippen molar-refractivity contribution in [2.45, 2.75) is 6.55 Å². The Hall–Kier alpha value is -1.34. The third-order valence-electron chi connectivity index (χ3n) is 4.44. The maximum absolute atomic E-state index is 14.0. The molecule has 0 unspecified atom stereocenters. The van der Waals surface area contributed by atoms with Crippen LogP contribution < -0.4 is 60.6 Å². The largest absolute Gasteiger partial charge is 2.00 e. The topological polar surface area (TPSA) is 78.4 Å². The van der Waals surface area contributed by atoms with Gasteiger partial charge in [-0.2, -0.15) is 0 Å². The molecule has 0 fully saturated rings. The number of benzene rings is 2. The first-order valence-corrected chi connectivity index (χ1v) is 10.6. The third-order valence-corrected chi connectivity index (χ3v) is 7.28. The van der Waals surface area contributed by atoms with Gasteiger partial charge in [-0.05, 0) is 22.5 Å². The van der Waals surface area contributed by atoms with E-state index in [0.29, 0.717) is 44.9 Å². The molecule has 0 spiro atoms. The number of halogens is 1. The van der Waals surface area contributed by atoms with Gasteiger partial charge in [0.25, 0.3) is 0 Å². The van der Waals surface area contributed by atoms with Crippen LogP contribution in [0.15, 0.2) is 24.3 Å². The van der Waals surface area contributed by atoms with Crippen molar-refractivity contribution in [3.8, 4) is 34.5 Å². The maximum Gasteiger partial charge on any atom is 2.00 e. The normalized spacial score (nSPS) is 10.2. The molecule has 0 bridgehead atoms. The summed E-state index contributed by atoms with van der Waals surface area (Å²) in [4.78, 5) is 14.0. The fourth-order valence-corrected chi connectivity index (χ4v) is 5.49. The van der Waals surface area contributed by atoms with Crippen LogP contribution >= 0.6 is 0 Å². The number of rotatable bonds is 8. The summed E-state index contributed by atoms with van der Waals surface area (Å²) in [5.74, 6) is 2.46. The molecule has 2 aromatic rings. The molecule has 156 valence electrons. The molecule has 0 N–H and O–H groups in total. The van der Waals surface area contributed by atoms with Crippen LogP contribution in [0.2, 0.25) is 6.55 Å². The van der Waals surface area contributed by atoms with Gasteiger partial charge in [0, 0.05) is 8.32 Å². The molecular weight excluding hydrogens is 472 g/mol. The van der Waals surface area contributed by atoms with Crippen molar-refractivity contribution in [2.24, 2.45) is 0 Å². The number of ether oxygens (including phenoxy) is 6. The summed E-state index contributed by atoms with van der Waals surface area (Å²) in [7, 11) is 5.54. The Morgan fingerprint density at radius 1 is 0.586 bits per heavy atom. The minimum absolute atomic E-state index is 0. The summed E-state index contributed by atoms with van der Waals surface area (Å²) in [6.45, 7) is 1.67. The fourth-order valence-electron chi connectivity index (χ4n) is 3.10. The standard InChI is InChI=1S/C19H25O7Si.BrH.Mg/c1-21-12-8-10-14(18(25-5)16(12)23-3)27(7,20)15-11-9-13(22-2)17(24-4)19(15)26-6;;/h8-11H,1-7H3;1H;/q-1;;+2/p-1. The van der Waals surface area contributed by atoms with Crippen LogP contribution in [0.3, 0.4) is 0 Å². The van der Waals surface area contributed by atoms with Crippen LogP contribution in [-0.4, -0.2) is 74.0 Å². The number of hydrogen-bond donors (Lipinski definition) is 0. The number of hydrogen-bond acceptors (Lipinski definition) is 7. The van der Waals surface area contributed by atoms with Gasteiger partial charge in [-0.15, -0.1) is 0 Å². The van der Waals surface area contributed by atoms with E-state index in [4.69, 9.17) is 28.4 Å². The molecule has 10 heteroatoms. The Kier molecular flexibility index (Phi) is 11.2. The second-order valence-corrected chi connectivity index (χ2v) is 8.94. The van der Waals surface area contributed by atoms with Gasteiger partial charge in [-0.1, -0.05) is 18.7 Å². The fraction of sp³-hybridized carbons (Fsp3) is 0.368. The van der Waals surface area contributed by atoms with E-state index in [1.54, 1.807) is 30.8 Å². The molecule has 0 aliphatic heterocycles. The molecule has 0 atom stereocenters. The first-order valence-electron chi connectivity index (χ1n) is 8.20. The van der Waals surface area contributed by atoms with Gasteiger partial charge in [0.1, 0.15) is 0 Å². The van der Waals surface area contributed by atoms with Gasteiger partial charge in [0.15, 0.2) is 23.0 Å². The maximum atomic E-state index is 14.0. The van der Waals surface area contributed by atoms with Crippen molar-refractivity contribution in [3.05, 3.63) is 24.3 Å². The molecule has 7 nitrogen and oxygen atoms in total. The monoisotopic (exact) mass is 496 g/mol. The zero-order valence-corrected chi connectivity index (χ0v) is 21.8. The van der Waals surface area contributed by atoms with E-state index in [9.17, 15) is 4.80 Å². The SMILES string of the molecule is COc1ccc([Si](C)([O-])c2ccc(OC)c(OC)c2OC)c(OC)c1OC.[Br-].[Mg+2]. The molecule has 0 saturated carbocycles. The molecule has 0 heterocycles. The van der Waals surface area contributed by atoms with E-state index < -0.39 is 8.32 Å². The first-order chi connectivity index (χ1) is 12.9. The molecule has 2 rings (SSSR count). The molecule has 0 saturated heterocycles. The van der Waals surface area contributed by atoms with E-state index in [1.165, 1.54) is 42.7 Å². The van der Waals surface area contributed by atoms with Crippen molar-refractivity contribution in [3.63, 3.8) is 0 Å². The van der Waals surface area contributed by atoms with Crippen LogP contribution in [0, 0.1) is 0 Å². The smallest absolute Gasteiger partial charge is 1.00 e. The Morgan fingerprint density at radius 3 is 1.14 bits per heavy atom. The minimum Gasteiger partial charge on any atom is -1.00 e. The van der Waals surface area contributed by atoms with Crippen molar-refractivity contribution in [2.75, 3.05) is 42.7 Å². The van der Waals surface area contributed by atoms with Crippen molar-refractivity contribution in [1.29, 1.82) is 0 Å². The second kappa shape index (κ2) is 11.7. The molecule has 2 aromatic carbocycles. The van der Waals surface area contributed by atoms with Crippen molar-refractivity contribution < 1.29 is 50.2 Å². The zero-order valence-electron chi connectivity index (χ0n) is 17.8. The van der Waals surface area contributed by atoms with E-state index in [0.717, 1.165) is 0 Å². The predicted molar refractivity (Wildman–Crippen MR) is 109 cm³/mol. The van der Waals surface area contributed by atoms with E-state index in [-0.39, 0.29) is 40.0 Å². The van der Waals surface area contributed by atoms with Gasteiger partial charge < -0.3 is 50.2 Å². The van der Waals surface area contributed by atoms with Crippen molar-refractivity contribution in [1.82, 2.24) is 0 Å². The van der Waals surface area contributed by atoms with Crippen LogP contribution in [0.5, 0.6) is 34.5 Å². The summed E-state index contributed by atoms with van der Waals surface area (Å²) in [5, 5.41) is 1.02. The van der Waals surface area contributed by atoms with E-state index >= 15 is 0 Å². The molecule has 0 amide bonds. The summed E-state index contributed by atoms with van der Waals surface area (Å²) in [5.41, 5.74) is 0. The predicted octanol–water partition coefficient (Wildman–Crippen LogP) is -2.59. The van der Waals surface area contributed by atoms with Crippen LogP contribution in [0.1, 0.15) is 0 Å². The summed E-state index contributed by atoms with van der Waals surface area (Å²) in [6, 6.07) is 6.84. The van der Waals surface area contributed by atoms with Crippen molar-refractivity contribution >= 4 is 41.7 Å². The number of methoxy groups -OCH3 is 6. The molecule has 0 aromatic heterocycles. The summed E-state index contributed by atoms with van der Waals surface area (Å²) >= 11 is 0. The Labute approximate surface area is 199 Å². The Morgan fingerprint density at radius 2 is 0.897 bits per heavy atom. The Balaban J connectivity index is 0.00000392. The zero-order chi connectivity index (χ0) is 20.2. The van der Waals surface area contributed by atoms with Crippen LogP contribution in [0.4, 0.5) is 0 Å². The van der Waals surface area contributed by atoms with E-state index in [1.807, 2.05) is 0 Å². The molecular formula is C19H25BrMgO7Si. The van der Waals surface area contributed by atoms with Gasteiger partial charge in [-0.25, -0.2) is 0 Å². The third kappa shape index (κ3) is 5.05. The average Bonchev–Trinajstić information content (AvgIpc) is 2.70. The van der Waals surface area contributed by atoms with Gasteiger partial charge in [-0.3, -0.25) is 0 Å². The quantitative estimate of drug-likeness (QED) is 0.371. The van der Waals surface area contributed by atoms with Gasteiger partial charge in [0.05, 0.1) is 42.7 Å². The first kappa shape index (κ1) is 27.7. The molecule has 29 heavy (non-hydrogen) atoms. The molecule has 0 aliphatic carbocycles. The molecule has 0 aliphatic rings. The van der Waals surface area contributed by atoms with Gasteiger partial charge >= 0.3 is 23.1 Å². The average molecular weight is 498 g/mol. The summed E-state index contributed by atoms with van der Waals surface area (Å²) < 4.78 is 32.5. The molecule has 0 radical (unpaired) electrons. The van der Waals surface area contributed by atoms with Crippen LogP contribution in [0.25, 0.3) is 0 Å². The Bertz CT molecular complexity index is 752. The van der Waals surface area contributed by atoms with E-state index in [2.05, 4.69) is 0 Å². The second-order valence-electron chi connectivity index (χ2n) is 5.80. The minimum atomic E-state index is -3.52. The summed E-state index contributed by atoms with van der Waals surface area (Å²) in [6.07, 6.45) is 0. The van der Waals surface area contributed by atoms with Gasteiger partial charge in [0.2, 0.25) is 11.5 Å².